The molecule has 4 nitrogen and oxygen atoms in total. The highest BCUT2D eigenvalue weighted by Gasteiger charge is 2.14. The fourth-order valence-electron chi connectivity index (χ4n) is 3.73. The predicted octanol–water partition coefficient (Wildman–Crippen LogP) is 4.73. The van der Waals surface area contributed by atoms with Gasteiger partial charge in [-0.2, -0.15) is 0 Å². The number of nitrogens with one attached hydrogen (secondary N) is 1. The van der Waals surface area contributed by atoms with E-state index in [1.165, 1.54) is 31.5 Å². The topological polar surface area (TPSA) is 45.5 Å². The Kier molecular flexibility index (Phi) is 6.22. The molecule has 1 aliphatic rings. The van der Waals surface area contributed by atoms with Gasteiger partial charge in [0.15, 0.2) is 0 Å². The van der Waals surface area contributed by atoms with Crippen LogP contribution in [0, 0.1) is 0 Å². The van der Waals surface area contributed by atoms with Gasteiger partial charge in [0, 0.05) is 13.1 Å². The fourth-order valence-corrected chi connectivity index (χ4v) is 3.73. The second-order valence-electron chi connectivity index (χ2n) is 7.43. The normalized spacial score (nSPS) is 14.8. The van der Waals surface area contributed by atoms with Crippen molar-refractivity contribution in [3.63, 3.8) is 0 Å². The zero-order valence-corrected chi connectivity index (χ0v) is 16.5. The van der Waals surface area contributed by atoms with Gasteiger partial charge in [0.05, 0.1) is 11.8 Å². The summed E-state index contributed by atoms with van der Waals surface area (Å²) in [6, 6.07) is 21.8. The predicted molar refractivity (Wildman–Crippen MR) is 116 cm³/mol. The third kappa shape index (κ3) is 5.24. The molecule has 0 radical (unpaired) electrons. The average Bonchev–Trinajstić information content (AvgIpc) is 3.45. The maximum Gasteiger partial charge on any atom is 0.252 e. The second-order valence-corrected chi connectivity index (χ2v) is 7.43. The summed E-state index contributed by atoms with van der Waals surface area (Å²) in [5.41, 5.74) is 3.87. The van der Waals surface area contributed by atoms with Gasteiger partial charge in [-0.25, -0.2) is 0 Å². The zero-order valence-electron chi connectivity index (χ0n) is 16.5. The van der Waals surface area contributed by atoms with E-state index in [9.17, 15) is 4.79 Å². The molecule has 2 heterocycles. The molecule has 0 bridgehead atoms. The molecule has 4 heteroatoms. The van der Waals surface area contributed by atoms with Crippen molar-refractivity contribution in [1.82, 2.24) is 10.2 Å². The van der Waals surface area contributed by atoms with Crippen molar-refractivity contribution in [2.75, 3.05) is 13.1 Å². The van der Waals surface area contributed by atoms with Crippen LogP contribution in [0.25, 0.3) is 11.6 Å². The summed E-state index contributed by atoms with van der Waals surface area (Å²) in [6.45, 7) is 3.84. The molecule has 0 atom stereocenters. The van der Waals surface area contributed by atoms with E-state index >= 15 is 0 Å². The van der Waals surface area contributed by atoms with Gasteiger partial charge in [0.25, 0.3) is 5.91 Å². The monoisotopic (exact) mass is 386 g/mol. The van der Waals surface area contributed by atoms with Crippen molar-refractivity contribution in [2.24, 2.45) is 0 Å². The first-order chi connectivity index (χ1) is 14.3. The number of likely N-dealkylation sites (tertiary alicyclic amines) is 1. The minimum atomic E-state index is -0.113. The Bertz CT molecular complexity index is 956. The first-order valence-corrected chi connectivity index (χ1v) is 10.2. The van der Waals surface area contributed by atoms with Gasteiger partial charge in [-0.15, -0.1) is 0 Å². The first kappa shape index (κ1) is 19.2. The summed E-state index contributed by atoms with van der Waals surface area (Å²) in [5, 5.41) is 3.07. The molecule has 0 saturated carbocycles. The molecule has 1 N–H and O–H groups in total. The number of hydrogen-bond acceptors (Lipinski definition) is 3. The number of carbonyl (C=O) groups excluding carboxylic acids is 1. The third-order valence-corrected chi connectivity index (χ3v) is 5.21. The fraction of sp³-hybridized carbons (Fsp3) is 0.240. The van der Waals surface area contributed by atoms with Gasteiger partial charge in [-0.1, -0.05) is 54.6 Å². The Labute approximate surface area is 171 Å². The molecule has 29 heavy (non-hydrogen) atoms. The molecular weight excluding hydrogens is 360 g/mol. The zero-order chi connectivity index (χ0) is 19.9. The summed E-state index contributed by atoms with van der Waals surface area (Å²) in [5.74, 6) is 0.546. The number of benzene rings is 2. The maximum absolute atomic E-state index is 13.0. The van der Waals surface area contributed by atoms with E-state index in [2.05, 4.69) is 34.5 Å². The first-order valence-electron chi connectivity index (χ1n) is 10.2. The van der Waals surface area contributed by atoms with Gasteiger partial charge in [0.1, 0.15) is 5.76 Å². The number of rotatable bonds is 7. The number of carbonyl (C=O) groups is 1. The Morgan fingerprint density at radius 1 is 0.966 bits per heavy atom. The maximum atomic E-state index is 13.0. The van der Waals surface area contributed by atoms with Crippen molar-refractivity contribution in [2.45, 2.75) is 25.9 Å². The van der Waals surface area contributed by atoms with Gasteiger partial charge in [-0.3, -0.25) is 9.69 Å². The highest BCUT2D eigenvalue weighted by molar-refractivity contribution is 6.23. The largest absolute Gasteiger partial charge is 0.465 e. The Balaban J connectivity index is 1.45. The van der Waals surface area contributed by atoms with Crippen LogP contribution in [0.15, 0.2) is 77.4 Å². The molecule has 3 aromatic rings. The lowest BCUT2D eigenvalue weighted by atomic mass is 10.0. The number of hydrogen-bond donors (Lipinski definition) is 1. The molecule has 0 spiro atoms. The van der Waals surface area contributed by atoms with Gasteiger partial charge >= 0.3 is 0 Å². The number of amides is 1. The molecule has 1 saturated heterocycles. The lowest BCUT2D eigenvalue weighted by molar-refractivity contribution is -0.115. The standard InChI is InChI=1S/C25H26N2O2/c28-25(24(17-23-12-7-15-29-23)22-10-2-1-3-11-22)26-18-20-8-6-9-21(16-20)19-27-13-4-5-14-27/h1-3,6-12,15-17H,4-5,13-14,18-19H2,(H,26,28)/b24-17+. The van der Waals surface area contributed by atoms with Crippen LogP contribution in [0.3, 0.4) is 0 Å². The Hall–Kier alpha value is -3.11. The van der Waals surface area contributed by atoms with Crippen molar-refractivity contribution < 1.29 is 9.21 Å². The van der Waals surface area contributed by atoms with Crippen molar-refractivity contribution in [1.29, 1.82) is 0 Å². The van der Waals surface area contributed by atoms with Crippen LogP contribution in [-0.4, -0.2) is 23.9 Å². The second kappa shape index (κ2) is 9.39. The van der Waals surface area contributed by atoms with E-state index in [1.54, 1.807) is 12.3 Å². The van der Waals surface area contributed by atoms with E-state index in [0.717, 1.165) is 17.7 Å². The highest BCUT2D eigenvalue weighted by atomic mass is 16.3. The van der Waals surface area contributed by atoms with Crippen LogP contribution in [0.1, 0.15) is 35.3 Å². The highest BCUT2D eigenvalue weighted by Crippen LogP contribution is 2.19. The molecule has 4 rings (SSSR count). The molecular formula is C25H26N2O2. The van der Waals surface area contributed by atoms with E-state index in [0.29, 0.717) is 17.9 Å². The van der Waals surface area contributed by atoms with Crippen molar-refractivity contribution >= 4 is 17.6 Å². The summed E-state index contributed by atoms with van der Waals surface area (Å²) < 4.78 is 5.42. The lowest BCUT2D eigenvalue weighted by Crippen LogP contribution is -2.24. The summed E-state index contributed by atoms with van der Waals surface area (Å²) in [7, 11) is 0. The number of furan rings is 1. The SMILES string of the molecule is O=C(NCc1cccc(CN2CCCC2)c1)/C(=C/c1ccco1)c1ccccc1. The van der Waals surface area contributed by atoms with Crippen LogP contribution in [0.2, 0.25) is 0 Å². The third-order valence-electron chi connectivity index (χ3n) is 5.21. The molecule has 2 aromatic carbocycles. The summed E-state index contributed by atoms with van der Waals surface area (Å²) in [6.07, 6.45) is 5.98. The average molecular weight is 386 g/mol. The van der Waals surface area contributed by atoms with Crippen LogP contribution in [-0.2, 0) is 17.9 Å². The van der Waals surface area contributed by atoms with E-state index < -0.39 is 0 Å². The minimum absolute atomic E-state index is 0.113. The van der Waals surface area contributed by atoms with E-state index in [4.69, 9.17) is 4.42 Å². The molecule has 1 fully saturated rings. The number of nitrogens with zero attached hydrogens (tertiary/aromatic N) is 1. The lowest BCUT2D eigenvalue weighted by Gasteiger charge is -2.15. The van der Waals surface area contributed by atoms with E-state index in [1.807, 2.05) is 42.5 Å². The summed E-state index contributed by atoms with van der Waals surface area (Å²) in [4.78, 5) is 15.5. The molecule has 1 amide bonds. The van der Waals surface area contributed by atoms with E-state index in [-0.39, 0.29) is 5.91 Å². The minimum Gasteiger partial charge on any atom is -0.465 e. The molecule has 0 aliphatic carbocycles. The van der Waals surface area contributed by atoms with Crippen LogP contribution in [0.5, 0.6) is 0 Å². The van der Waals surface area contributed by atoms with Crippen LogP contribution >= 0.6 is 0 Å². The molecule has 1 aromatic heterocycles. The summed E-state index contributed by atoms with van der Waals surface area (Å²) >= 11 is 0. The Morgan fingerprint density at radius 2 is 1.76 bits per heavy atom. The van der Waals surface area contributed by atoms with Gasteiger partial charge in [-0.05, 0) is 60.8 Å². The van der Waals surface area contributed by atoms with Gasteiger partial charge < -0.3 is 9.73 Å². The van der Waals surface area contributed by atoms with Crippen molar-refractivity contribution in [3.8, 4) is 0 Å². The van der Waals surface area contributed by atoms with Crippen LogP contribution < -0.4 is 5.32 Å². The quantitative estimate of drug-likeness (QED) is 0.597. The molecule has 148 valence electrons. The van der Waals surface area contributed by atoms with Crippen molar-refractivity contribution in [3.05, 3.63) is 95.4 Å². The van der Waals surface area contributed by atoms with Crippen LogP contribution in [0.4, 0.5) is 0 Å². The smallest absolute Gasteiger partial charge is 0.252 e. The molecule has 0 unspecified atom stereocenters. The van der Waals surface area contributed by atoms with Gasteiger partial charge in [0.2, 0.25) is 0 Å². The Morgan fingerprint density at radius 3 is 2.52 bits per heavy atom. The molecule has 1 aliphatic heterocycles.